The van der Waals surface area contributed by atoms with E-state index in [9.17, 15) is 4.79 Å². The maximum atomic E-state index is 12.8. The first-order chi connectivity index (χ1) is 16.1. The lowest BCUT2D eigenvalue weighted by Crippen LogP contribution is -2.52. The SMILES string of the molecule is CC(NC(=O)N1CCN(c2ncnc3[nH]c(-c4ccncc4)cc23)CC1)c1ccc(Cl)cc1. The molecule has 1 aromatic carbocycles. The Morgan fingerprint density at radius 3 is 2.52 bits per heavy atom. The van der Waals surface area contributed by atoms with Gasteiger partial charge < -0.3 is 20.1 Å². The minimum atomic E-state index is -0.0965. The lowest BCUT2D eigenvalue weighted by Gasteiger charge is -2.36. The summed E-state index contributed by atoms with van der Waals surface area (Å²) in [7, 11) is 0. The van der Waals surface area contributed by atoms with Crippen molar-refractivity contribution in [3.8, 4) is 11.3 Å². The summed E-state index contributed by atoms with van der Waals surface area (Å²) in [6.07, 6.45) is 5.12. The number of halogens is 1. The van der Waals surface area contributed by atoms with Crippen molar-refractivity contribution >= 4 is 34.5 Å². The van der Waals surface area contributed by atoms with Gasteiger partial charge in [-0.25, -0.2) is 14.8 Å². The maximum Gasteiger partial charge on any atom is 0.317 e. The van der Waals surface area contributed by atoms with Crippen LogP contribution in [0.5, 0.6) is 0 Å². The van der Waals surface area contributed by atoms with Crippen molar-refractivity contribution in [1.82, 2.24) is 30.2 Å². The van der Waals surface area contributed by atoms with Gasteiger partial charge in [0.15, 0.2) is 0 Å². The van der Waals surface area contributed by atoms with E-state index in [-0.39, 0.29) is 12.1 Å². The van der Waals surface area contributed by atoms with Gasteiger partial charge in [-0.15, -0.1) is 0 Å². The topological polar surface area (TPSA) is 90.0 Å². The zero-order chi connectivity index (χ0) is 22.8. The Morgan fingerprint density at radius 2 is 1.79 bits per heavy atom. The molecule has 2 amide bonds. The van der Waals surface area contributed by atoms with Crippen molar-refractivity contribution < 1.29 is 4.79 Å². The van der Waals surface area contributed by atoms with Crippen LogP contribution in [0.1, 0.15) is 18.5 Å². The van der Waals surface area contributed by atoms with Crippen molar-refractivity contribution in [3.63, 3.8) is 0 Å². The average Bonchev–Trinajstić information content (AvgIpc) is 3.30. The smallest absolute Gasteiger partial charge is 0.317 e. The Bertz CT molecular complexity index is 1250. The molecule has 1 atom stereocenters. The highest BCUT2D eigenvalue weighted by molar-refractivity contribution is 6.30. The van der Waals surface area contributed by atoms with Crippen molar-refractivity contribution in [2.75, 3.05) is 31.1 Å². The third kappa shape index (κ3) is 4.47. The Hall–Kier alpha value is -3.65. The minimum absolute atomic E-state index is 0.0634. The molecule has 4 heterocycles. The molecule has 0 radical (unpaired) electrons. The van der Waals surface area contributed by atoms with E-state index in [0.717, 1.165) is 33.7 Å². The first-order valence-electron chi connectivity index (χ1n) is 10.9. The molecule has 3 aromatic heterocycles. The fraction of sp³-hybridized carbons (Fsp3) is 0.250. The number of benzene rings is 1. The van der Waals surface area contributed by atoms with Gasteiger partial charge in [0.2, 0.25) is 0 Å². The van der Waals surface area contributed by atoms with Crippen LogP contribution in [0.4, 0.5) is 10.6 Å². The number of nitrogens with one attached hydrogen (secondary N) is 2. The zero-order valence-electron chi connectivity index (χ0n) is 18.2. The van der Waals surface area contributed by atoms with Crippen LogP contribution in [-0.2, 0) is 0 Å². The standard InChI is InChI=1S/C24H24ClN7O/c1-16(17-2-4-19(25)5-3-17)29-24(33)32-12-10-31(11-13-32)23-20-14-21(18-6-8-26-9-7-18)30-22(20)27-15-28-23/h2-9,14-16H,10-13H2,1H3,(H,29,33)(H,27,28,30). The molecule has 2 N–H and O–H groups in total. The number of fused-ring (bicyclic) bond motifs is 1. The molecule has 168 valence electrons. The maximum absolute atomic E-state index is 12.8. The largest absolute Gasteiger partial charge is 0.352 e. The summed E-state index contributed by atoms with van der Waals surface area (Å²) >= 11 is 5.96. The summed E-state index contributed by atoms with van der Waals surface area (Å²) in [5.74, 6) is 0.881. The van der Waals surface area contributed by atoms with E-state index in [0.29, 0.717) is 31.2 Å². The quantitative estimate of drug-likeness (QED) is 0.473. The Kier molecular flexibility index (Phi) is 5.83. The van der Waals surface area contributed by atoms with Gasteiger partial charge in [0.05, 0.1) is 11.4 Å². The molecule has 1 saturated heterocycles. The summed E-state index contributed by atoms with van der Waals surface area (Å²) in [6, 6.07) is 13.4. The Balaban J connectivity index is 1.26. The second-order valence-electron chi connectivity index (χ2n) is 8.08. The van der Waals surface area contributed by atoms with Crippen LogP contribution in [0.2, 0.25) is 5.02 Å². The summed E-state index contributed by atoms with van der Waals surface area (Å²) in [6.45, 7) is 4.61. The van der Waals surface area contributed by atoms with Crippen LogP contribution in [0.3, 0.4) is 0 Å². The van der Waals surface area contributed by atoms with Gasteiger partial charge in [-0.2, -0.15) is 0 Å². The van der Waals surface area contributed by atoms with E-state index in [1.807, 2.05) is 48.2 Å². The molecule has 9 heteroatoms. The average molecular weight is 462 g/mol. The van der Waals surface area contributed by atoms with E-state index < -0.39 is 0 Å². The van der Waals surface area contributed by atoms with Gasteiger partial charge in [-0.1, -0.05) is 23.7 Å². The van der Waals surface area contributed by atoms with E-state index >= 15 is 0 Å². The molecule has 1 aliphatic heterocycles. The number of carbonyl (C=O) groups is 1. The molecular weight excluding hydrogens is 438 g/mol. The molecule has 0 spiro atoms. The number of piperazine rings is 1. The van der Waals surface area contributed by atoms with Crippen LogP contribution >= 0.6 is 11.6 Å². The molecule has 1 fully saturated rings. The fourth-order valence-electron chi connectivity index (χ4n) is 4.10. The van der Waals surface area contributed by atoms with E-state index in [1.165, 1.54) is 0 Å². The first kappa shape index (κ1) is 21.2. The number of aromatic nitrogens is 4. The van der Waals surface area contributed by atoms with E-state index in [1.54, 1.807) is 18.7 Å². The van der Waals surface area contributed by atoms with Crippen LogP contribution < -0.4 is 10.2 Å². The number of urea groups is 1. The molecule has 0 aliphatic carbocycles. The number of anilines is 1. The molecule has 5 rings (SSSR count). The van der Waals surface area contributed by atoms with E-state index in [2.05, 4.69) is 36.2 Å². The van der Waals surface area contributed by atoms with Gasteiger partial charge in [0.25, 0.3) is 0 Å². The molecule has 1 aliphatic rings. The highest BCUT2D eigenvalue weighted by Gasteiger charge is 2.24. The normalized spacial score (nSPS) is 15.0. The lowest BCUT2D eigenvalue weighted by atomic mass is 10.1. The lowest BCUT2D eigenvalue weighted by molar-refractivity contribution is 0.191. The van der Waals surface area contributed by atoms with Gasteiger partial charge in [-0.3, -0.25) is 4.98 Å². The highest BCUT2D eigenvalue weighted by atomic mass is 35.5. The monoisotopic (exact) mass is 461 g/mol. The van der Waals surface area contributed by atoms with Gasteiger partial charge >= 0.3 is 6.03 Å². The van der Waals surface area contributed by atoms with Gasteiger partial charge in [0, 0.05) is 54.9 Å². The molecule has 8 nitrogen and oxygen atoms in total. The summed E-state index contributed by atoms with van der Waals surface area (Å²) < 4.78 is 0. The van der Waals surface area contributed by atoms with Crippen LogP contribution in [0.25, 0.3) is 22.3 Å². The Morgan fingerprint density at radius 1 is 1.06 bits per heavy atom. The summed E-state index contributed by atoms with van der Waals surface area (Å²) in [5.41, 5.74) is 3.84. The van der Waals surface area contributed by atoms with Crippen molar-refractivity contribution in [2.24, 2.45) is 0 Å². The second-order valence-corrected chi connectivity index (χ2v) is 8.51. The first-order valence-corrected chi connectivity index (χ1v) is 11.3. The summed E-state index contributed by atoms with van der Waals surface area (Å²) in [4.78, 5) is 33.3. The fourth-order valence-corrected chi connectivity index (χ4v) is 4.22. The number of carbonyl (C=O) groups excluding carboxylic acids is 1. The molecule has 1 unspecified atom stereocenters. The van der Waals surface area contributed by atoms with Gasteiger partial charge in [0.1, 0.15) is 17.8 Å². The Labute approximate surface area is 196 Å². The van der Waals surface area contributed by atoms with Crippen molar-refractivity contribution in [1.29, 1.82) is 0 Å². The number of hydrogen-bond acceptors (Lipinski definition) is 5. The van der Waals surface area contributed by atoms with Crippen molar-refractivity contribution in [3.05, 3.63) is 71.8 Å². The third-order valence-corrected chi connectivity index (χ3v) is 6.22. The molecule has 4 aromatic rings. The van der Waals surface area contributed by atoms with E-state index in [4.69, 9.17) is 11.6 Å². The number of amides is 2. The molecule has 33 heavy (non-hydrogen) atoms. The second kappa shape index (κ2) is 9.07. The number of nitrogens with zero attached hydrogens (tertiary/aromatic N) is 5. The van der Waals surface area contributed by atoms with Crippen molar-refractivity contribution in [2.45, 2.75) is 13.0 Å². The predicted octanol–water partition coefficient (Wildman–Crippen LogP) is 4.27. The number of H-pyrrole nitrogens is 1. The van der Waals surface area contributed by atoms with Crippen LogP contribution in [0.15, 0.2) is 61.2 Å². The number of hydrogen-bond donors (Lipinski definition) is 2. The third-order valence-electron chi connectivity index (χ3n) is 5.97. The van der Waals surface area contributed by atoms with Crippen LogP contribution in [-0.4, -0.2) is 57.0 Å². The highest BCUT2D eigenvalue weighted by Crippen LogP contribution is 2.29. The molecule has 0 saturated carbocycles. The minimum Gasteiger partial charge on any atom is -0.352 e. The number of pyridine rings is 1. The zero-order valence-corrected chi connectivity index (χ0v) is 19.0. The number of aromatic amines is 1. The molecule has 0 bridgehead atoms. The number of rotatable bonds is 4. The summed E-state index contributed by atoms with van der Waals surface area (Å²) in [5, 5.41) is 4.73. The van der Waals surface area contributed by atoms with Gasteiger partial charge in [-0.05, 0) is 42.8 Å². The predicted molar refractivity (Wildman–Crippen MR) is 129 cm³/mol. The van der Waals surface area contributed by atoms with Crippen LogP contribution in [0, 0.1) is 0 Å². The molecular formula is C24H24ClN7O.